The van der Waals surface area contributed by atoms with Crippen molar-refractivity contribution >= 4 is 29.9 Å². The van der Waals surface area contributed by atoms with Gasteiger partial charge in [-0.25, -0.2) is 4.99 Å². The van der Waals surface area contributed by atoms with Gasteiger partial charge in [-0.2, -0.15) is 0 Å². The van der Waals surface area contributed by atoms with Gasteiger partial charge in [-0.15, -0.1) is 24.0 Å². The molecule has 25 heavy (non-hydrogen) atoms. The Hall–Kier alpha value is -1.68. The van der Waals surface area contributed by atoms with Crippen molar-refractivity contribution in [2.24, 2.45) is 4.99 Å². The number of guanidine groups is 1. The summed E-state index contributed by atoms with van der Waals surface area (Å²) < 4.78 is 5.28. The first-order valence-electron chi connectivity index (χ1n) is 8.15. The predicted molar refractivity (Wildman–Crippen MR) is 108 cm³/mol. The van der Waals surface area contributed by atoms with Crippen LogP contribution in [0.2, 0.25) is 0 Å². The Bertz CT molecular complexity index is 645. The average Bonchev–Trinajstić information content (AvgIpc) is 3.07. The third kappa shape index (κ3) is 6.99. The summed E-state index contributed by atoms with van der Waals surface area (Å²) in [7, 11) is 0. The van der Waals surface area contributed by atoms with Gasteiger partial charge >= 0.3 is 0 Å². The lowest BCUT2D eigenvalue weighted by atomic mass is 10.1. The molecule has 1 unspecified atom stereocenters. The molecule has 2 aromatic heterocycles. The van der Waals surface area contributed by atoms with Gasteiger partial charge in [-0.1, -0.05) is 19.0 Å². The summed E-state index contributed by atoms with van der Waals surface area (Å²) in [6, 6.07) is 5.50. The van der Waals surface area contributed by atoms with E-state index < -0.39 is 6.10 Å². The molecule has 0 spiro atoms. The van der Waals surface area contributed by atoms with Gasteiger partial charge in [0.15, 0.2) is 11.7 Å². The maximum absolute atomic E-state index is 10.2. The number of nitrogens with one attached hydrogen (secondary N) is 2. The van der Waals surface area contributed by atoms with E-state index in [1.807, 2.05) is 13.0 Å². The highest BCUT2D eigenvalue weighted by Gasteiger charge is 2.09. The van der Waals surface area contributed by atoms with Crippen LogP contribution in [0.3, 0.4) is 0 Å². The summed E-state index contributed by atoms with van der Waals surface area (Å²) in [6.45, 7) is 7.59. The van der Waals surface area contributed by atoms with Crippen LogP contribution in [0, 0.1) is 0 Å². The lowest BCUT2D eigenvalue weighted by molar-refractivity contribution is 0.180. The zero-order valence-corrected chi connectivity index (χ0v) is 17.1. The van der Waals surface area contributed by atoms with Crippen LogP contribution in [0.25, 0.3) is 0 Å². The van der Waals surface area contributed by atoms with E-state index in [-0.39, 0.29) is 24.0 Å². The van der Waals surface area contributed by atoms with E-state index >= 15 is 0 Å². The topological polar surface area (TPSA) is 95.6 Å². The van der Waals surface area contributed by atoms with Crippen molar-refractivity contribution in [3.63, 3.8) is 0 Å². The number of pyridine rings is 1. The van der Waals surface area contributed by atoms with E-state index in [0.717, 1.165) is 17.8 Å². The smallest absolute Gasteiger partial charge is 0.191 e. The van der Waals surface area contributed by atoms with Gasteiger partial charge in [0.2, 0.25) is 0 Å². The lowest BCUT2D eigenvalue weighted by Crippen LogP contribution is -2.39. The standard InChI is InChI=1S/C17H25N5O2.HI/c1-4-19-17(20-10-14-9-15(12(2)3)22-24-14)21-11-16(23)13-5-7-18-8-6-13;/h5-9,12,16,23H,4,10-11H2,1-3H3,(H2,19,20,21);1H. The molecular formula is C17H26IN5O2. The molecule has 0 aliphatic carbocycles. The van der Waals surface area contributed by atoms with Gasteiger partial charge in [-0.3, -0.25) is 4.98 Å². The summed E-state index contributed by atoms with van der Waals surface area (Å²) in [5, 5.41) is 20.5. The van der Waals surface area contributed by atoms with E-state index in [0.29, 0.717) is 30.7 Å². The summed E-state index contributed by atoms with van der Waals surface area (Å²) in [4.78, 5) is 8.41. The first kappa shape index (κ1) is 21.4. The van der Waals surface area contributed by atoms with Gasteiger partial charge in [0.05, 0.1) is 11.8 Å². The average molecular weight is 459 g/mol. The highest BCUT2D eigenvalue weighted by atomic mass is 127. The number of aliphatic hydroxyl groups excluding tert-OH is 1. The Labute approximate surface area is 165 Å². The van der Waals surface area contributed by atoms with E-state index in [4.69, 9.17) is 4.52 Å². The molecule has 0 aliphatic rings. The number of hydrogen-bond donors (Lipinski definition) is 3. The normalized spacial score (nSPS) is 12.6. The number of nitrogens with zero attached hydrogens (tertiary/aromatic N) is 3. The second-order valence-corrected chi connectivity index (χ2v) is 5.75. The molecule has 2 aromatic rings. The van der Waals surface area contributed by atoms with Gasteiger partial charge in [0.25, 0.3) is 0 Å². The van der Waals surface area contributed by atoms with Crippen molar-refractivity contribution in [1.29, 1.82) is 0 Å². The second-order valence-electron chi connectivity index (χ2n) is 5.75. The fourth-order valence-electron chi connectivity index (χ4n) is 2.07. The molecule has 0 amide bonds. The molecule has 2 rings (SSSR count). The van der Waals surface area contributed by atoms with E-state index in [1.54, 1.807) is 24.5 Å². The summed E-state index contributed by atoms with van der Waals surface area (Å²) in [5.74, 6) is 1.66. The van der Waals surface area contributed by atoms with Crippen LogP contribution in [-0.4, -0.2) is 34.3 Å². The first-order valence-corrected chi connectivity index (χ1v) is 8.15. The van der Waals surface area contributed by atoms with Gasteiger partial charge in [0.1, 0.15) is 6.54 Å². The van der Waals surface area contributed by atoms with Crippen LogP contribution in [0.15, 0.2) is 40.1 Å². The van der Waals surface area contributed by atoms with Gasteiger partial charge in [0, 0.05) is 31.5 Å². The zero-order valence-electron chi connectivity index (χ0n) is 14.8. The van der Waals surface area contributed by atoms with E-state index in [9.17, 15) is 5.11 Å². The molecule has 8 heteroatoms. The minimum atomic E-state index is -0.630. The third-order valence-corrected chi connectivity index (χ3v) is 3.46. The quantitative estimate of drug-likeness (QED) is 0.335. The molecule has 0 saturated heterocycles. The van der Waals surface area contributed by atoms with Crippen molar-refractivity contribution in [2.75, 3.05) is 13.1 Å². The Morgan fingerprint density at radius 1 is 1.28 bits per heavy atom. The Morgan fingerprint density at radius 3 is 2.60 bits per heavy atom. The molecule has 1 atom stereocenters. The molecule has 0 radical (unpaired) electrons. The molecule has 138 valence electrons. The molecule has 0 bridgehead atoms. The second kappa shape index (κ2) is 11.0. The monoisotopic (exact) mass is 459 g/mol. The van der Waals surface area contributed by atoms with Crippen molar-refractivity contribution in [2.45, 2.75) is 39.3 Å². The molecule has 0 aliphatic heterocycles. The number of rotatable bonds is 7. The van der Waals surface area contributed by atoms with E-state index in [2.05, 4.69) is 39.6 Å². The van der Waals surface area contributed by atoms with Crippen LogP contribution in [0.1, 0.15) is 49.8 Å². The molecule has 0 fully saturated rings. The molecule has 0 aromatic carbocycles. The minimum Gasteiger partial charge on any atom is -0.387 e. The first-order chi connectivity index (χ1) is 11.6. The molecule has 0 saturated carbocycles. The predicted octanol–water partition coefficient (Wildman–Crippen LogP) is 2.60. The van der Waals surface area contributed by atoms with Gasteiger partial charge in [-0.05, 0) is 30.5 Å². The summed E-state index contributed by atoms with van der Waals surface area (Å²) >= 11 is 0. The largest absolute Gasteiger partial charge is 0.387 e. The van der Waals surface area contributed by atoms with E-state index in [1.165, 1.54) is 0 Å². The van der Waals surface area contributed by atoms with Crippen LogP contribution in [0.4, 0.5) is 0 Å². The number of aliphatic imine (C=N–C) groups is 1. The van der Waals surface area contributed by atoms with Crippen LogP contribution in [0.5, 0.6) is 0 Å². The van der Waals surface area contributed by atoms with Crippen molar-refractivity contribution in [3.8, 4) is 0 Å². The van der Waals surface area contributed by atoms with Crippen LogP contribution in [-0.2, 0) is 6.54 Å². The minimum absolute atomic E-state index is 0. The Morgan fingerprint density at radius 2 is 2.00 bits per heavy atom. The fraction of sp³-hybridized carbons (Fsp3) is 0.471. The number of aromatic nitrogens is 2. The fourth-order valence-corrected chi connectivity index (χ4v) is 2.07. The Kier molecular flexibility index (Phi) is 9.43. The van der Waals surface area contributed by atoms with Crippen LogP contribution < -0.4 is 10.6 Å². The molecular weight excluding hydrogens is 433 g/mol. The molecule has 3 N–H and O–H groups in total. The number of hydrogen-bond acceptors (Lipinski definition) is 5. The highest BCUT2D eigenvalue weighted by molar-refractivity contribution is 14.0. The Balaban J connectivity index is 0.00000312. The van der Waals surface area contributed by atoms with Crippen molar-refractivity contribution in [3.05, 3.63) is 47.6 Å². The van der Waals surface area contributed by atoms with Crippen molar-refractivity contribution < 1.29 is 9.63 Å². The number of aliphatic hydroxyl groups is 1. The maximum atomic E-state index is 10.2. The maximum Gasteiger partial charge on any atom is 0.191 e. The summed E-state index contributed by atoms with van der Waals surface area (Å²) in [6.07, 6.45) is 2.69. The highest BCUT2D eigenvalue weighted by Crippen LogP contribution is 2.14. The van der Waals surface area contributed by atoms with Crippen molar-refractivity contribution in [1.82, 2.24) is 20.8 Å². The molecule has 2 heterocycles. The number of halogens is 1. The lowest BCUT2D eigenvalue weighted by Gasteiger charge is -2.15. The third-order valence-electron chi connectivity index (χ3n) is 3.46. The zero-order chi connectivity index (χ0) is 17.4. The van der Waals surface area contributed by atoms with Gasteiger partial charge < -0.3 is 20.3 Å². The SMILES string of the molecule is CCNC(=NCc1cc(C(C)C)no1)NCC(O)c1ccncc1.I. The van der Waals surface area contributed by atoms with Crippen LogP contribution >= 0.6 is 24.0 Å². The summed E-state index contributed by atoms with van der Waals surface area (Å²) in [5.41, 5.74) is 1.73. The molecule has 7 nitrogen and oxygen atoms in total.